The van der Waals surface area contributed by atoms with Crippen LogP contribution in [-0.4, -0.2) is 81.6 Å². The molecule has 270 valence electrons. The van der Waals surface area contributed by atoms with Gasteiger partial charge in [-0.05, 0) is 106 Å². The molecule has 0 bridgehead atoms. The van der Waals surface area contributed by atoms with Gasteiger partial charge in [0.15, 0.2) is 12.6 Å². The Balaban J connectivity index is 1.16. The van der Waals surface area contributed by atoms with Crippen LogP contribution >= 0.6 is 0 Å². The van der Waals surface area contributed by atoms with E-state index in [2.05, 4.69) is 0 Å². The average Bonchev–Trinajstić information content (AvgIpc) is 3.41. The summed E-state index contributed by atoms with van der Waals surface area (Å²) in [5, 5.41) is 11.2. The van der Waals surface area contributed by atoms with Gasteiger partial charge < -0.3 is 43.0 Å². The van der Waals surface area contributed by atoms with Crippen molar-refractivity contribution in [2.75, 3.05) is 33.5 Å². The number of esters is 1. The molecule has 3 fully saturated rings. The van der Waals surface area contributed by atoms with Gasteiger partial charge in [-0.1, -0.05) is 12.2 Å². The molecule has 7 atom stereocenters. The predicted molar refractivity (Wildman–Crippen MR) is 179 cm³/mol. The molecular formula is C38H51FO10. The Bertz CT molecular complexity index is 1260. The Labute approximate surface area is 288 Å². The number of halogens is 1. The van der Waals surface area contributed by atoms with Crippen LogP contribution in [0.1, 0.15) is 70.6 Å². The van der Waals surface area contributed by atoms with E-state index >= 15 is 0 Å². The first kappa shape index (κ1) is 37.2. The molecule has 11 heteroatoms. The van der Waals surface area contributed by atoms with E-state index in [4.69, 9.17) is 37.9 Å². The highest BCUT2D eigenvalue weighted by molar-refractivity contribution is 5.72. The van der Waals surface area contributed by atoms with Gasteiger partial charge in [0, 0.05) is 32.0 Å². The number of methoxy groups -OCH3 is 1. The van der Waals surface area contributed by atoms with Crippen LogP contribution in [-0.2, 0) is 28.5 Å². The van der Waals surface area contributed by atoms with Crippen molar-refractivity contribution in [3.8, 4) is 17.2 Å². The van der Waals surface area contributed by atoms with Crippen molar-refractivity contribution in [3.05, 3.63) is 66.5 Å². The van der Waals surface area contributed by atoms with E-state index in [-0.39, 0.29) is 56.0 Å². The summed E-state index contributed by atoms with van der Waals surface area (Å²) in [5.74, 6) is 0.876. The third-order valence-corrected chi connectivity index (χ3v) is 9.04. The molecule has 1 saturated carbocycles. The van der Waals surface area contributed by atoms with Gasteiger partial charge in [0.2, 0.25) is 0 Å². The highest BCUT2D eigenvalue weighted by Crippen LogP contribution is 2.36. The second-order valence-corrected chi connectivity index (χ2v) is 12.8. The first-order valence-corrected chi connectivity index (χ1v) is 17.7. The summed E-state index contributed by atoms with van der Waals surface area (Å²) >= 11 is 0. The third-order valence-electron chi connectivity index (χ3n) is 9.04. The van der Waals surface area contributed by atoms with Crippen molar-refractivity contribution in [2.24, 2.45) is 5.92 Å². The summed E-state index contributed by atoms with van der Waals surface area (Å²) in [6.07, 6.45) is 9.82. The van der Waals surface area contributed by atoms with Gasteiger partial charge in [-0.2, -0.15) is 0 Å². The average molecular weight is 687 g/mol. The smallest absolute Gasteiger partial charge is 0.311 e. The van der Waals surface area contributed by atoms with Gasteiger partial charge >= 0.3 is 5.97 Å². The van der Waals surface area contributed by atoms with Crippen molar-refractivity contribution in [3.63, 3.8) is 0 Å². The number of aliphatic hydroxyl groups excluding tert-OH is 1. The monoisotopic (exact) mass is 686 g/mol. The van der Waals surface area contributed by atoms with Crippen molar-refractivity contribution in [2.45, 2.75) is 108 Å². The van der Waals surface area contributed by atoms with Crippen molar-refractivity contribution in [1.29, 1.82) is 0 Å². The van der Waals surface area contributed by atoms with Crippen molar-refractivity contribution in [1.82, 2.24) is 0 Å². The van der Waals surface area contributed by atoms with Crippen molar-refractivity contribution >= 4 is 5.97 Å². The summed E-state index contributed by atoms with van der Waals surface area (Å²) < 4.78 is 60.9. The minimum absolute atomic E-state index is 0.184. The quantitative estimate of drug-likeness (QED) is 0.0805. The molecule has 1 aliphatic carbocycles. The Morgan fingerprint density at radius 1 is 0.918 bits per heavy atom. The second-order valence-electron chi connectivity index (χ2n) is 12.8. The molecule has 2 saturated heterocycles. The molecule has 2 heterocycles. The normalized spacial score (nSPS) is 26.4. The lowest BCUT2D eigenvalue weighted by atomic mass is 9.98. The van der Waals surface area contributed by atoms with Crippen LogP contribution in [0.5, 0.6) is 17.2 Å². The van der Waals surface area contributed by atoms with Crippen LogP contribution < -0.4 is 14.2 Å². The van der Waals surface area contributed by atoms with E-state index in [1.165, 1.54) is 12.1 Å². The van der Waals surface area contributed by atoms with Gasteiger partial charge in [-0.15, -0.1) is 0 Å². The molecule has 10 nitrogen and oxygen atoms in total. The minimum Gasteiger partial charge on any atom is -0.497 e. The number of rotatable bonds is 18. The number of allylic oxidation sites excluding steroid dienone is 2. The number of hydrogen-bond donors (Lipinski definition) is 1. The first-order chi connectivity index (χ1) is 24.0. The fraction of sp³-hybridized carbons (Fsp3) is 0.605. The van der Waals surface area contributed by atoms with E-state index in [0.29, 0.717) is 56.1 Å². The highest BCUT2D eigenvalue weighted by atomic mass is 19.1. The summed E-state index contributed by atoms with van der Waals surface area (Å²) in [7, 11) is 1.59. The van der Waals surface area contributed by atoms with Crippen LogP contribution in [0.4, 0.5) is 4.39 Å². The molecule has 0 aromatic heterocycles. The summed E-state index contributed by atoms with van der Waals surface area (Å²) in [4.78, 5) is 12.3. The topological polar surface area (TPSA) is 111 Å². The van der Waals surface area contributed by atoms with Gasteiger partial charge in [-0.3, -0.25) is 4.79 Å². The molecule has 2 aromatic carbocycles. The van der Waals surface area contributed by atoms with E-state index in [1.54, 1.807) is 43.5 Å². The first-order valence-electron chi connectivity index (χ1n) is 17.7. The van der Waals surface area contributed by atoms with Crippen LogP contribution in [0.15, 0.2) is 60.7 Å². The zero-order valence-corrected chi connectivity index (χ0v) is 28.4. The Morgan fingerprint density at radius 3 is 2.31 bits per heavy atom. The molecule has 0 spiro atoms. The third kappa shape index (κ3) is 12.3. The highest BCUT2D eigenvalue weighted by Gasteiger charge is 2.45. The molecule has 3 aliphatic rings. The number of benzene rings is 2. The lowest BCUT2D eigenvalue weighted by Gasteiger charge is -2.32. The molecule has 2 aliphatic heterocycles. The molecule has 1 N–H and O–H groups in total. The maximum atomic E-state index is 13.5. The summed E-state index contributed by atoms with van der Waals surface area (Å²) in [6.45, 7) is 1.68. The fourth-order valence-electron chi connectivity index (χ4n) is 6.37. The molecule has 5 rings (SSSR count). The predicted octanol–water partition coefficient (Wildman–Crippen LogP) is 6.52. The second kappa shape index (κ2) is 20.0. The molecule has 3 unspecified atom stereocenters. The number of carbonyl (C=O) groups is 1. The standard InChI is InChI=1S/C38H51FO10/c1-42-28-18-20-30(21-19-28)47-35(41)11-5-3-2-4-10-32-33(40)24-34(49-37-13-7-9-23-44-37)38(32)46-26-31(48-36-12-6-8-22-43-36)25-45-29-16-14-27(39)15-17-29/h2,4,14-21,31-34,36-38,40H,3,5-13,22-26H2,1H3/b4-2-/t31?,32-,33-,34+,36?,37?,38+/m0/s1. The minimum atomic E-state index is -0.626. The number of aliphatic hydroxyl groups is 1. The Hall–Kier alpha value is -3.06. The van der Waals surface area contributed by atoms with E-state index in [0.717, 1.165) is 38.5 Å². The molecule has 0 amide bonds. The number of hydrogen-bond acceptors (Lipinski definition) is 10. The van der Waals surface area contributed by atoms with Crippen LogP contribution in [0.2, 0.25) is 0 Å². The number of carbonyl (C=O) groups excluding carboxylic acids is 1. The molecule has 2 aromatic rings. The zero-order chi connectivity index (χ0) is 34.3. The van der Waals surface area contributed by atoms with E-state index < -0.39 is 18.3 Å². The van der Waals surface area contributed by atoms with E-state index in [9.17, 15) is 14.3 Å². The maximum Gasteiger partial charge on any atom is 0.311 e. The van der Waals surface area contributed by atoms with Gasteiger partial charge in [0.1, 0.15) is 35.8 Å². The Kier molecular flexibility index (Phi) is 15.2. The lowest BCUT2D eigenvalue weighted by Crippen LogP contribution is -2.40. The van der Waals surface area contributed by atoms with Crippen LogP contribution in [0, 0.1) is 11.7 Å². The fourth-order valence-corrected chi connectivity index (χ4v) is 6.37. The molecule has 49 heavy (non-hydrogen) atoms. The number of ether oxygens (including phenoxy) is 8. The van der Waals surface area contributed by atoms with Crippen molar-refractivity contribution < 1.29 is 52.2 Å². The number of unbranched alkanes of at least 4 members (excludes halogenated alkanes) is 1. The van der Waals surface area contributed by atoms with Crippen LogP contribution in [0.25, 0.3) is 0 Å². The van der Waals surface area contributed by atoms with Gasteiger partial charge in [-0.25, -0.2) is 4.39 Å². The summed E-state index contributed by atoms with van der Waals surface area (Å²) in [5.41, 5.74) is 0. The zero-order valence-electron chi connectivity index (χ0n) is 28.4. The molecule has 0 radical (unpaired) electrons. The Morgan fingerprint density at radius 2 is 1.61 bits per heavy atom. The SMILES string of the molecule is COc1ccc(OC(=O)CCC/C=C\C[C@@H]2[C@@H](OCC(COc3ccc(F)cc3)OC3CCCCO3)[C@H](OC3CCCCO3)C[C@@H]2O)cc1. The van der Waals surface area contributed by atoms with Gasteiger partial charge in [0.05, 0.1) is 32.0 Å². The maximum absolute atomic E-state index is 13.5. The summed E-state index contributed by atoms with van der Waals surface area (Å²) in [6, 6.07) is 12.8. The van der Waals surface area contributed by atoms with E-state index in [1.807, 2.05) is 12.2 Å². The molecular weight excluding hydrogens is 635 g/mol. The van der Waals surface area contributed by atoms with Crippen LogP contribution in [0.3, 0.4) is 0 Å². The lowest BCUT2D eigenvalue weighted by molar-refractivity contribution is -0.226. The van der Waals surface area contributed by atoms with Gasteiger partial charge in [0.25, 0.3) is 0 Å². The largest absolute Gasteiger partial charge is 0.497 e.